The number of fused-ring (bicyclic) bond motifs is 2. The number of aromatic nitrogens is 3. The van der Waals surface area contributed by atoms with Crippen LogP contribution in [0, 0.1) is 5.92 Å². The first-order valence-electron chi connectivity index (χ1n) is 10.6. The molecule has 2 aliphatic rings. The van der Waals surface area contributed by atoms with Gasteiger partial charge in [-0.05, 0) is 48.9 Å². The van der Waals surface area contributed by atoms with Gasteiger partial charge in [0.25, 0.3) is 10.0 Å². The number of guanidine groups is 1. The van der Waals surface area contributed by atoms with E-state index in [-0.39, 0.29) is 22.8 Å². The van der Waals surface area contributed by atoms with Gasteiger partial charge in [-0.1, -0.05) is 6.07 Å². The minimum Gasteiger partial charge on any atom is -0.390 e. The number of aliphatic hydroxyl groups excluding tert-OH is 2. The van der Waals surface area contributed by atoms with E-state index in [1.807, 2.05) is 16.8 Å². The van der Waals surface area contributed by atoms with Gasteiger partial charge in [0.05, 0.1) is 23.2 Å². The average molecular weight is 472 g/mol. The molecule has 33 heavy (non-hydrogen) atoms. The number of aliphatic hydroxyl groups is 2. The lowest BCUT2D eigenvalue weighted by atomic mass is 9.96. The molecule has 0 radical (unpaired) electrons. The molecule has 1 aliphatic heterocycles. The SMILES string of the molecule is CN1C(N)=Nc2cc(CC[C@H]3C[C@@H](n4ccc5c(N)ncnc54)[C@H](O)[C@@H]3O)ccc2S1(=O)=O. The number of nitrogens with two attached hydrogens (primary N) is 2. The molecule has 0 amide bonds. The molecule has 6 N–H and O–H groups in total. The van der Waals surface area contributed by atoms with Gasteiger partial charge in [0, 0.05) is 13.2 Å². The summed E-state index contributed by atoms with van der Waals surface area (Å²) in [4.78, 5) is 12.6. The molecule has 4 atom stereocenters. The summed E-state index contributed by atoms with van der Waals surface area (Å²) in [7, 11) is -2.34. The summed E-state index contributed by atoms with van der Waals surface area (Å²) in [5, 5.41) is 22.2. The number of nitrogens with zero attached hydrogens (tertiary/aromatic N) is 5. The highest BCUT2D eigenvalue weighted by Gasteiger charge is 2.42. The van der Waals surface area contributed by atoms with Crippen molar-refractivity contribution in [2.24, 2.45) is 16.6 Å². The van der Waals surface area contributed by atoms with E-state index in [9.17, 15) is 18.6 Å². The summed E-state index contributed by atoms with van der Waals surface area (Å²) in [5.74, 6) is 0.133. The van der Waals surface area contributed by atoms with Crippen molar-refractivity contribution >= 4 is 38.5 Å². The monoisotopic (exact) mass is 471 g/mol. The van der Waals surface area contributed by atoms with Crippen LogP contribution >= 0.6 is 0 Å². The highest BCUT2D eigenvalue weighted by atomic mass is 32.2. The van der Waals surface area contributed by atoms with Crippen LogP contribution in [0.1, 0.15) is 24.4 Å². The highest BCUT2D eigenvalue weighted by Crippen LogP contribution is 2.40. The van der Waals surface area contributed by atoms with E-state index in [1.54, 1.807) is 12.1 Å². The number of nitrogen functional groups attached to an aromatic ring is 1. The molecule has 0 saturated heterocycles. The molecule has 2 aromatic heterocycles. The van der Waals surface area contributed by atoms with Crippen LogP contribution in [0.25, 0.3) is 11.0 Å². The maximum Gasteiger partial charge on any atom is 0.268 e. The number of benzene rings is 1. The Labute approximate surface area is 190 Å². The molecule has 3 aromatic rings. The van der Waals surface area contributed by atoms with Crippen LogP contribution in [0.5, 0.6) is 0 Å². The first-order chi connectivity index (χ1) is 15.7. The Morgan fingerprint density at radius 3 is 2.73 bits per heavy atom. The first kappa shape index (κ1) is 21.6. The van der Waals surface area contributed by atoms with Crippen LogP contribution in [0.2, 0.25) is 0 Å². The Balaban J connectivity index is 1.34. The van der Waals surface area contributed by atoms with E-state index in [2.05, 4.69) is 15.0 Å². The lowest BCUT2D eigenvalue weighted by molar-refractivity contribution is 0.00545. The quantitative estimate of drug-likeness (QED) is 0.426. The van der Waals surface area contributed by atoms with Crippen LogP contribution in [-0.2, 0) is 16.4 Å². The molecule has 1 aromatic carbocycles. The summed E-state index contributed by atoms with van der Waals surface area (Å²) >= 11 is 0. The maximum absolute atomic E-state index is 12.5. The summed E-state index contributed by atoms with van der Waals surface area (Å²) in [5.41, 5.74) is 13.5. The van der Waals surface area contributed by atoms with E-state index >= 15 is 0 Å². The van der Waals surface area contributed by atoms with Gasteiger partial charge in [0.2, 0.25) is 5.96 Å². The molecule has 5 rings (SSSR count). The van der Waals surface area contributed by atoms with Crippen molar-refractivity contribution in [3.8, 4) is 0 Å². The fourth-order valence-corrected chi connectivity index (χ4v) is 5.95. The van der Waals surface area contributed by atoms with Crippen molar-refractivity contribution in [1.29, 1.82) is 0 Å². The zero-order chi connectivity index (χ0) is 23.5. The van der Waals surface area contributed by atoms with Crippen LogP contribution in [0.15, 0.2) is 46.7 Å². The number of rotatable bonds is 4. The van der Waals surface area contributed by atoms with Gasteiger partial charge in [-0.25, -0.2) is 27.7 Å². The van der Waals surface area contributed by atoms with Gasteiger partial charge >= 0.3 is 0 Å². The minimum absolute atomic E-state index is 0.0831. The molecule has 174 valence electrons. The third kappa shape index (κ3) is 3.41. The number of aryl methyl sites for hydroxylation is 1. The van der Waals surface area contributed by atoms with Crippen molar-refractivity contribution in [3.05, 3.63) is 42.4 Å². The Morgan fingerprint density at radius 2 is 1.94 bits per heavy atom. The Morgan fingerprint density at radius 1 is 1.15 bits per heavy atom. The topological polar surface area (TPSA) is 173 Å². The van der Waals surface area contributed by atoms with Crippen molar-refractivity contribution in [1.82, 2.24) is 18.8 Å². The standard InChI is InChI=1S/C21H25N7O4S/c1-27-21(23)26-14-8-11(3-5-16(14)33(27,31)32)2-4-12-9-15(18(30)17(12)29)28-7-6-13-19(22)24-10-25-20(13)28/h3,5-8,10,12,15,17-18,29-30H,2,4,9H2,1H3,(H2,23,26)(H2,22,24,25)/t12-,15+,17+,18-/m0/s1. The predicted octanol–water partition coefficient (Wildman–Crippen LogP) is 0.509. The van der Waals surface area contributed by atoms with Crippen LogP contribution < -0.4 is 11.5 Å². The van der Waals surface area contributed by atoms with E-state index in [0.717, 1.165) is 9.87 Å². The normalized spacial score (nSPS) is 26.4. The second-order valence-electron chi connectivity index (χ2n) is 8.55. The number of anilines is 1. The van der Waals surface area contributed by atoms with Gasteiger partial charge < -0.3 is 26.2 Å². The van der Waals surface area contributed by atoms with Gasteiger partial charge in [-0.3, -0.25) is 0 Å². The van der Waals surface area contributed by atoms with Gasteiger partial charge in [0.1, 0.15) is 28.8 Å². The molecule has 0 bridgehead atoms. The summed E-state index contributed by atoms with van der Waals surface area (Å²) in [6.07, 6.45) is 3.10. The summed E-state index contributed by atoms with van der Waals surface area (Å²) in [6.45, 7) is 0. The van der Waals surface area contributed by atoms with E-state index in [4.69, 9.17) is 11.5 Å². The van der Waals surface area contributed by atoms with Gasteiger partial charge in [0.15, 0.2) is 0 Å². The highest BCUT2D eigenvalue weighted by molar-refractivity contribution is 7.89. The molecule has 12 heteroatoms. The molecule has 0 spiro atoms. The third-order valence-corrected chi connectivity index (χ3v) is 8.50. The molecule has 0 unspecified atom stereocenters. The average Bonchev–Trinajstić information content (AvgIpc) is 3.33. The number of aliphatic imine (C=N–C) groups is 1. The minimum atomic E-state index is -3.70. The molecule has 11 nitrogen and oxygen atoms in total. The Bertz CT molecular complexity index is 1370. The summed E-state index contributed by atoms with van der Waals surface area (Å²) < 4.78 is 27.8. The smallest absolute Gasteiger partial charge is 0.268 e. The first-order valence-corrected chi connectivity index (χ1v) is 12.0. The lowest BCUT2D eigenvalue weighted by Crippen LogP contribution is -2.40. The molecule has 3 heterocycles. The van der Waals surface area contributed by atoms with Gasteiger partial charge in [-0.15, -0.1) is 0 Å². The van der Waals surface area contributed by atoms with Gasteiger partial charge in [-0.2, -0.15) is 0 Å². The van der Waals surface area contributed by atoms with E-state index in [1.165, 1.54) is 19.4 Å². The van der Waals surface area contributed by atoms with E-state index < -0.39 is 22.2 Å². The van der Waals surface area contributed by atoms with Crippen LogP contribution in [0.4, 0.5) is 11.5 Å². The van der Waals surface area contributed by atoms with Crippen LogP contribution in [0.3, 0.4) is 0 Å². The molecule has 1 fully saturated rings. The van der Waals surface area contributed by atoms with Crippen molar-refractivity contribution in [3.63, 3.8) is 0 Å². The second-order valence-corrected chi connectivity index (χ2v) is 10.5. The fraction of sp³-hybridized carbons (Fsp3) is 0.381. The zero-order valence-electron chi connectivity index (χ0n) is 17.9. The molecular formula is C21H25N7O4S. The maximum atomic E-state index is 12.5. The number of hydrogen-bond donors (Lipinski definition) is 4. The molecular weight excluding hydrogens is 446 g/mol. The predicted molar refractivity (Wildman–Crippen MR) is 122 cm³/mol. The van der Waals surface area contributed by atoms with Crippen molar-refractivity contribution < 1.29 is 18.6 Å². The third-order valence-electron chi connectivity index (χ3n) is 6.69. The lowest BCUT2D eigenvalue weighted by Gasteiger charge is -2.24. The Hall–Kier alpha value is -3.22. The molecule has 1 aliphatic carbocycles. The van der Waals surface area contributed by atoms with E-state index in [0.29, 0.717) is 41.8 Å². The Kier molecular flexibility index (Phi) is 5.03. The van der Waals surface area contributed by atoms with Crippen molar-refractivity contribution in [2.45, 2.75) is 42.4 Å². The summed E-state index contributed by atoms with van der Waals surface area (Å²) in [6, 6.07) is 6.45. The van der Waals surface area contributed by atoms with Crippen molar-refractivity contribution in [2.75, 3.05) is 12.8 Å². The number of sulfonamides is 1. The fourth-order valence-electron chi connectivity index (χ4n) is 4.76. The van der Waals surface area contributed by atoms with Crippen LogP contribution in [-0.4, -0.2) is 62.7 Å². The number of hydrogen-bond acceptors (Lipinski definition) is 9. The second kappa shape index (κ2) is 7.68. The zero-order valence-corrected chi connectivity index (χ0v) is 18.7. The largest absolute Gasteiger partial charge is 0.390 e. The molecule has 1 saturated carbocycles.